The van der Waals surface area contributed by atoms with Gasteiger partial charge >= 0.3 is 0 Å². The van der Waals surface area contributed by atoms with Crippen LogP contribution in [0.3, 0.4) is 0 Å². The van der Waals surface area contributed by atoms with E-state index >= 15 is 0 Å². The quantitative estimate of drug-likeness (QED) is 0.497. The second-order valence-electron chi connectivity index (χ2n) is 13.8. The Hall–Kier alpha value is -0.370. The number of carbonyl (C=O) groups is 1. The number of fused-ring (bicyclic) bond motifs is 5. The molecule has 4 aliphatic carbocycles. The molecule has 4 aliphatic rings. The zero-order valence-electron chi connectivity index (χ0n) is 21.5. The van der Waals surface area contributed by atoms with Gasteiger partial charge in [0.15, 0.2) is 0 Å². The van der Waals surface area contributed by atoms with Crippen LogP contribution in [0.2, 0.25) is 0 Å². The number of ketones is 1. The van der Waals surface area contributed by atoms with Gasteiger partial charge in [-0.05, 0) is 90.8 Å². The lowest BCUT2D eigenvalue weighted by molar-refractivity contribution is -0.165. The lowest BCUT2D eigenvalue weighted by atomic mass is 9.41. The van der Waals surface area contributed by atoms with Crippen molar-refractivity contribution in [3.8, 4) is 0 Å². The minimum absolute atomic E-state index is 0.113. The fourth-order valence-electron chi connectivity index (χ4n) is 10.0. The Morgan fingerprint density at radius 1 is 0.935 bits per heavy atom. The molecule has 0 spiro atoms. The monoisotopic (exact) mass is 430 g/mol. The standard InChI is InChI=1S/C29H50O2/c1-18(2)9-8-10-19(3)26-23(30)17-22-20-11-12-24-27(4,5)25(31)14-16-28(24,6)21(20)13-15-29(22,26)7/h18-24,26,30H,8-17H2,1-7H3/t19-,20-,21+,22+,23-,24?,26+,28-,29+/m1/s1. The van der Waals surface area contributed by atoms with Gasteiger partial charge in [0.2, 0.25) is 0 Å². The fourth-order valence-corrected chi connectivity index (χ4v) is 10.0. The van der Waals surface area contributed by atoms with Gasteiger partial charge in [0.1, 0.15) is 5.78 Å². The maximum Gasteiger partial charge on any atom is 0.138 e. The smallest absolute Gasteiger partial charge is 0.138 e. The zero-order chi connectivity index (χ0) is 22.8. The van der Waals surface area contributed by atoms with Crippen LogP contribution in [0.1, 0.15) is 113 Å². The topological polar surface area (TPSA) is 37.3 Å². The van der Waals surface area contributed by atoms with Crippen molar-refractivity contribution in [1.82, 2.24) is 0 Å². The molecular formula is C29H50O2. The van der Waals surface area contributed by atoms with E-state index in [1.54, 1.807) is 0 Å². The Labute approximate surface area is 192 Å². The van der Waals surface area contributed by atoms with Gasteiger partial charge in [0, 0.05) is 11.8 Å². The first kappa shape index (κ1) is 23.8. The van der Waals surface area contributed by atoms with E-state index in [0.29, 0.717) is 40.3 Å². The predicted octanol–water partition coefficient (Wildman–Crippen LogP) is 7.28. The molecule has 2 heteroatoms. The molecule has 4 fully saturated rings. The normalized spacial score (nSPS) is 47.6. The number of rotatable bonds is 5. The highest BCUT2D eigenvalue weighted by atomic mass is 16.3. The third-order valence-electron chi connectivity index (χ3n) is 11.5. The summed E-state index contributed by atoms with van der Waals surface area (Å²) in [6, 6.07) is 0. The van der Waals surface area contributed by atoms with Crippen LogP contribution < -0.4 is 0 Å². The Morgan fingerprint density at radius 2 is 1.65 bits per heavy atom. The molecule has 0 heterocycles. The van der Waals surface area contributed by atoms with Crippen molar-refractivity contribution in [1.29, 1.82) is 0 Å². The van der Waals surface area contributed by atoms with E-state index in [9.17, 15) is 9.90 Å². The molecule has 4 rings (SSSR count). The van der Waals surface area contributed by atoms with Gasteiger partial charge in [0.05, 0.1) is 6.10 Å². The summed E-state index contributed by atoms with van der Waals surface area (Å²) in [5.74, 6) is 5.10. The van der Waals surface area contributed by atoms with Crippen molar-refractivity contribution in [2.45, 2.75) is 119 Å². The number of carbonyl (C=O) groups excluding carboxylic acids is 1. The van der Waals surface area contributed by atoms with Crippen LogP contribution in [0.4, 0.5) is 0 Å². The Balaban J connectivity index is 1.54. The van der Waals surface area contributed by atoms with Gasteiger partial charge in [-0.2, -0.15) is 0 Å². The zero-order valence-corrected chi connectivity index (χ0v) is 21.5. The van der Waals surface area contributed by atoms with E-state index in [-0.39, 0.29) is 11.5 Å². The number of aliphatic hydroxyl groups is 1. The van der Waals surface area contributed by atoms with E-state index in [1.165, 1.54) is 44.9 Å². The molecule has 0 bridgehead atoms. The number of aliphatic hydroxyl groups excluding tert-OH is 1. The number of hydrogen-bond donors (Lipinski definition) is 1. The molecule has 4 saturated carbocycles. The van der Waals surface area contributed by atoms with Crippen LogP contribution in [-0.4, -0.2) is 17.0 Å². The molecule has 1 N–H and O–H groups in total. The molecule has 178 valence electrons. The Morgan fingerprint density at radius 3 is 2.32 bits per heavy atom. The predicted molar refractivity (Wildman–Crippen MR) is 129 cm³/mol. The lowest BCUT2D eigenvalue weighted by Crippen LogP contribution is -2.58. The molecule has 0 radical (unpaired) electrons. The van der Waals surface area contributed by atoms with E-state index in [2.05, 4.69) is 48.5 Å². The third-order valence-corrected chi connectivity index (χ3v) is 11.5. The van der Waals surface area contributed by atoms with Crippen LogP contribution in [-0.2, 0) is 4.79 Å². The first-order chi connectivity index (χ1) is 14.4. The van der Waals surface area contributed by atoms with Crippen molar-refractivity contribution in [2.75, 3.05) is 0 Å². The second-order valence-corrected chi connectivity index (χ2v) is 13.8. The fraction of sp³-hybridized carbons (Fsp3) is 0.966. The summed E-state index contributed by atoms with van der Waals surface area (Å²) < 4.78 is 0. The van der Waals surface area contributed by atoms with Gasteiger partial charge < -0.3 is 5.11 Å². The summed E-state index contributed by atoms with van der Waals surface area (Å²) in [6.45, 7) is 16.6. The first-order valence-corrected chi connectivity index (χ1v) is 13.6. The second kappa shape index (κ2) is 8.14. The first-order valence-electron chi connectivity index (χ1n) is 13.6. The highest BCUT2D eigenvalue weighted by molar-refractivity contribution is 5.85. The Kier molecular flexibility index (Phi) is 6.24. The van der Waals surface area contributed by atoms with Crippen molar-refractivity contribution in [3.63, 3.8) is 0 Å². The Bertz CT molecular complexity index is 680. The molecule has 0 aromatic heterocycles. The number of hydrogen-bond acceptors (Lipinski definition) is 2. The summed E-state index contributed by atoms with van der Waals surface area (Å²) in [6.07, 6.45) is 11.8. The van der Waals surface area contributed by atoms with Gasteiger partial charge in [-0.3, -0.25) is 4.79 Å². The summed E-state index contributed by atoms with van der Waals surface area (Å²) in [7, 11) is 0. The third kappa shape index (κ3) is 3.66. The van der Waals surface area contributed by atoms with Gasteiger partial charge in [0.25, 0.3) is 0 Å². The minimum Gasteiger partial charge on any atom is -0.393 e. The molecule has 0 aliphatic heterocycles. The van der Waals surface area contributed by atoms with E-state index < -0.39 is 0 Å². The number of Topliss-reactive ketones (excluding diaryl/α,β-unsaturated/α-hetero) is 1. The highest BCUT2D eigenvalue weighted by Gasteiger charge is 2.64. The average Bonchev–Trinajstić information content (AvgIpc) is 2.95. The van der Waals surface area contributed by atoms with Crippen molar-refractivity contribution >= 4 is 5.78 Å². The van der Waals surface area contributed by atoms with Crippen LogP contribution in [0.15, 0.2) is 0 Å². The maximum atomic E-state index is 12.8. The summed E-state index contributed by atoms with van der Waals surface area (Å²) >= 11 is 0. The van der Waals surface area contributed by atoms with Crippen LogP contribution in [0.25, 0.3) is 0 Å². The SMILES string of the molecule is CC(C)CCC[C@@H](C)[C@H]1[C@H](O)C[C@H]2[C@@H]3CCC4C(C)(C)C(=O)CC[C@]4(C)[C@H]3CC[C@]12C. The van der Waals surface area contributed by atoms with E-state index in [4.69, 9.17) is 0 Å². The van der Waals surface area contributed by atoms with Crippen LogP contribution >= 0.6 is 0 Å². The molecule has 0 saturated heterocycles. The van der Waals surface area contributed by atoms with Crippen LogP contribution in [0, 0.1) is 57.7 Å². The maximum absolute atomic E-state index is 12.8. The molecule has 0 amide bonds. The van der Waals surface area contributed by atoms with Gasteiger partial charge in [-0.1, -0.05) is 67.7 Å². The van der Waals surface area contributed by atoms with Crippen molar-refractivity contribution < 1.29 is 9.90 Å². The van der Waals surface area contributed by atoms with E-state index in [0.717, 1.165) is 37.0 Å². The molecule has 0 aromatic carbocycles. The largest absolute Gasteiger partial charge is 0.393 e. The van der Waals surface area contributed by atoms with Gasteiger partial charge in [-0.25, -0.2) is 0 Å². The molecular weight excluding hydrogens is 380 g/mol. The molecule has 9 atom stereocenters. The highest BCUT2D eigenvalue weighted by Crippen LogP contribution is 2.69. The van der Waals surface area contributed by atoms with Gasteiger partial charge in [-0.15, -0.1) is 0 Å². The molecule has 1 unspecified atom stereocenters. The minimum atomic E-state index is -0.151. The summed E-state index contributed by atoms with van der Waals surface area (Å²) in [4.78, 5) is 12.8. The molecule has 31 heavy (non-hydrogen) atoms. The summed E-state index contributed by atoms with van der Waals surface area (Å²) in [5.41, 5.74) is 0.468. The lowest BCUT2D eigenvalue weighted by Gasteiger charge is -2.63. The van der Waals surface area contributed by atoms with Crippen LogP contribution in [0.5, 0.6) is 0 Å². The van der Waals surface area contributed by atoms with Crippen molar-refractivity contribution in [3.05, 3.63) is 0 Å². The molecule has 0 aromatic rings. The molecule has 2 nitrogen and oxygen atoms in total. The van der Waals surface area contributed by atoms with Crippen molar-refractivity contribution in [2.24, 2.45) is 57.7 Å². The summed E-state index contributed by atoms with van der Waals surface area (Å²) in [5, 5.41) is 11.3. The average molecular weight is 431 g/mol. The van der Waals surface area contributed by atoms with E-state index in [1.807, 2.05) is 0 Å².